The summed E-state index contributed by atoms with van der Waals surface area (Å²) in [6, 6.07) is 7.33. The number of hydrogen-bond donors (Lipinski definition) is 2. The molecule has 0 saturated carbocycles. The minimum atomic E-state index is 0.0273. The number of nitrogens with zero attached hydrogens (tertiary/aromatic N) is 4. The SMILES string of the molecule is COc1cc([N+](C)(C)C)cc(C=N/C=C\N=Cc2cc([N+](C)(C)C)cc(OC)c2O)c1O. The van der Waals surface area contributed by atoms with E-state index in [1.807, 2.05) is 54.4 Å². The number of phenolic OH excluding ortho intramolecular Hbond substituents is 2. The third-order valence-electron chi connectivity index (χ3n) is 4.83. The fourth-order valence-corrected chi connectivity index (χ4v) is 2.83. The van der Waals surface area contributed by atoms with E-state index in [9.17, 15) is 10.2 Å². The van der Waals surface area contributed by atoms with Crippen LogP contribution in [0, 0.1) is 0 Å². The molecular formula is C24H34N4O4+2. The van der Waals surface area contributed by atoms with Crippen molar-refractivity contribution in [3.63, 3.8) is 0 Å². The van der Waals surface area contributed by atoms with Crippen LogP contribution in [0.2, 0.25) is 0 Å². The maximum Gasteiger partial charge on any atom is 0.167 e. The van der Waals surface area contributed by atoms with Crippen LogP contribution in [0.4, 0.5) is 11.4 Å². The van der Waals surface area contributed by atoms with E-state index in [1.165, 1.54) is 26.6 Å². The Bertz CT molecular complexity index is 962. The summed E-state index contributed by atoms with van der Waals surface area (Å²) in [7, 11) is 15.2. The fourth-order valence-electron chi connectivity index (χ4n) is 2.83. The molecule has 32 heavy (non-hydrogen) atoms. The topological polar surface area (TPSA) is 83.6 Å². The van der Waals surface area contributed by atoms with Gasteiger partial charge in [0.1, 0.15) is 11.4 Å². The van der Waals surface area contributed by atoms with E-state index in [2.05, 4.69) is 9.98 Å². The minimum absolute atomic E-state index is 0.0273. The molecule has 0 amide bonds. The van der Waals surface area contributed by atoms with Crippen molar-refractivity contribution in [1.29, 1.82) is 0 Å². The quantitative estimate of drug-likeness (QED) is 0.484. The van der Waals surface area contributed by atoms with E-state index in [1.54, 1.807) is 24.6 Å². The highest BCUT2D eigenvalue weighted by Gasteiger charge is 2.19. The van der Waals surface area contributed by atoms with E-state index >= 15 is 0 Å². The number of ether oxygens (including phenoxy) is 2. The van der Waals surface area contributed by atoms with E-state index in [-0.39, 0.29) is 11.5 Å². The molecule has 8 nitrogen and oxygen atoms in total. The smallest absolute Gasteiger partial charge is 0.167 e. The van der Waals surface area contributed by atoms with E-state index < -0.39 is 0 Å². The first-order chi connectivity index (χ1) is 14.9. The molecule has 2 aromatic carbocycles. The molecule has 0 spiro atoms. The van der Waals surface area contributed by atoms with Crippen molar-refractivity contribution in [3.05, 3.63) is 47.8 Å². The van der Waals surface area contributed by atoms with E-state index in [0.29, 0.717) is 31.6 Å². The number of methoxy groups -OCH3 is 2. The van der Waals surface area contributed by atoms with Gasteiger partial charge in [-0.2, -0.15) is 0 Å². The highest BCUT2D eigenvalue weighted by atomic mass is 16.5. The van der Waals surface area contributed by atoms with Crippen LogP contribution in [0.1, 0.15) is 11.1 Å². The molecule has 172 valence electrons. The lowest BCUT2D eigenvalue weighted by Crippen LogP contribution is -2.34. The average molecular weight is 443 g/mol. The first kappa shape index (κ1) is 24.9. The van der Waals surface area contributed by atoms with Gasteiger partial charge in [-0.05, 0) is 0 Å². The number of aliphatic imine (C=N–C) groups is 2. The molecule has 0 unspecified atom stereocenters. The Balaban J connectivity index is 2.25. The van der Waals surface area contributed by atoms with Crippen LogP contribution in [0.3, 0.4) is 0 Å². The van der Waals surface area contributed by atoms with E-state index in [0.717, 1.165) is 11.4 Å². The summed E-state index contributed by atoms with van der Waals surface area (Å²) in [6.07, 6.45) is 6.08. The summed E-state index contributed by atoms with van der Waals surface area (Å²) in [5.74, 6) is 0.833. The first-order valence-electron chi connectivity index (χ1n) is 10.1. The van der Waals surface area contributed by atoms with Crippen molar-refractivity contribution < 1.29 is 19.7 Å². The molecule has 2 aromatic rings. The number of aromatic hydroxyl groups is 2. The van der Waals surface area contributed by atoms with Gasteiger partial charge in [0.15, 0.2) is 23.0 Å². The van der Waals surface area contributed by atoms with Gasteiger partial charge in [0.2, 0.25) is 0 Å². The molecule has 0 radical (unpaired) electrons. The monoisotopic (exact) mass is 442 g/mol. The molecule has 0 aromatic heterocycles. The highest BCUT2D eigenvalue weighted by molar-refractivity contribution is 5.88. The van der Waals surface area contributed by atoms with Gasteiger partial charge in [-0.15, -0.1) is 0 Å². The average Bonchev–Trinajstić information content (AvgIpc) is 2.70. The number of hydrogen-bond acceptors (Lipinski definition) is 6. The van der Waals surface area contributed by atoms with Crippen molar-refractivity contribution in [3.8, 4) is 23.0 Å². The van der Waals surface area contributed by atoms with Crippen molar-refractivity contribution in [1.82, 2.24) is 8.97 Å². The first-order valence-corrected chi connectivity index (χ1v) is 10.1. The lowest BCUT2D eigenvalue weighted by molar-refractivity contribution is 0.370. The van der Waals surface area contributed by atoms with Crippen LogP contribution >= 0.6 is 0 Å². The van der Waals surface area contributed by atoms with Crippen molar-refractivity contribution in [2.45, 2.75) is 0 Å². The summed E-state index contributed by atoms with van der Waals surface area (Å²) in [5, 5.41) is 20.8. The Morgan fingerprint density at radius 3 is 1.28 bits per heavy atom. The van der Waals surface area contributed by atoms with Gasteiger partial charge in [0.05, 0.1) is 56.5 Å². The Labute approximate surface area is 190 Å². The van der Waals surface area contributed by atoms with Gasteiger partial charge in [-0.3, -0.25) is 19.0 Å². The Hall–Kier alpha value is -3.36. The van der Waals surface area contributed by atoms with Gasteiger partial charge in [0, 0.05) is 60.2 Å². The van der Waals surface area contributed by atoms with Crippen molar-refractivity contribution in [2.24, 2.45) is 9.98 Å². The van der Waals surface area contributed by atoms with Crippen LogP contribution in [0.15, 0.2) is 46.7 Å². The molecule has 0 aliphatic heterocycles. The molecule has 0 bridgehead atoms. The summed E-state index contributed by atoms with van der Waals surface area (Å²) >= 11 is 0. The lowest BCUT2D eigenvalue weighted by Gasteiger charge is -2.24. The second-order valence-electron chi connectivity index (χ2n) is 9.05. The molecule has 2 rings (SSSR count). The molecule has 0 fully saturated rings. The highest BCUT2D eigenvalue weighted by Crippen LogP contribution is 2.36. The standard InChI is InChI=1S/C24H32N4O4/c1-27(2,3)19-11-17(23(29)21(13-19)31-7)15-25-9-10-26-16-18-12-20(28(4,5)6)14-22(32-8)24(18)30/h9-16H,1-8H3/p+2/b10-9-. The maximum atomic E-state index is 10.4. The summed E-state index contributed by atoms with van der Waals surface area (Å²) in [5.41, 5.74) is 3.01. The zero-order valence-corrected chi connectivity index (χ0v) is 20.1. The number of rotatable bonds is 8. The fraction of sp³-hybridized carbons (Fsp3) is 0.333. The van der Waals surface area contributed by atoms with Crippen LogP contribution in [-0.4, -0.2) is 79.1 Å². The van der Waals surface area contributed by atoms with Crippen molar-refractivity contribution >= 4 is 23.8 Å². The summed E-state index contributed by atoms with van der Waals surface area (Å²) < 4.78 is 11.7. The molecule has 0 heterocycles. The molecule has 0 saturated heterocycles. The van der Waals surface area contributed by atoms with Crippen LogP contribution in [-0.2, 0) is 0 Å². The van der Waals surface area contributed by atoms with Gasteiger partial charge >= 0.3 is 0 Å². The van der Waals surface area contributed by atoms with Crippen molar-refractivity contribution in [2.75, 3.05) is 56.5 Å². The molecular weight excluding hydrogens is 408 g/mol. The number of phenols is 2. The normalized spacial score (nSPS) is 12.9. The minimum Gasteiger partial charge on any atom is -0.504 e. The third kappa shape index (κ3) is 6.09. The third-order valence-corrected chi connectivity index (χ3v) is 4.83. The zero-order chi connectivity index (χ0) is 24.1. The second-order valence-corrected chi connectivity index (χ2v) is 9.05. The molecule has 0 aliphatic rings. The molecule has 2 N–H and O–H groups in total. The van der Waals surface area contributed by atoms with Crippen LogP contribution in [0.25, 0.3) is 0 Å². The van der Waals surface area contributed by atoms with E-state index in [4.69, 9.17) is 9.47 Å². The van der Waals surface area contributed by atoms with Gasteiger partial charge in [-0.25, -0.2) is 0 Å². The maximum absolute atomic E-state index is 10.4. The van der Waals surface area contributed by atoms with Gasteiger partial charge < -0.3 is 19.7 Å². The molecule has 0 aliphatic carbocycles. The largest absolute Gasteiger partial charge is 0.504 e. The summed E-state index contributed by atoms with van der Waals surface area (Å²) in [6.45, 7) is 0. The number of benzene rings is 2. The molecule has 8 heteroatoms. The van der Waals surface area contributed by atoms with Gasteiger partial charge in [0.25, 0.3) is 0 Å². The zero-order valence-electron chi connectivity index (χ0n) is 20.1. The van der Waals surface area contributed by atoms with Crippen LogP contribution in [0.5, 0.6) is 23.0 Å². The van der Waals surface area contributed by atoms with Crippen LogP contribution < -0.4 is 18.4 Å². The predicted octanol–water partition coefficient (Wildman–Crippen LogP) is 3.52. The summed E-state index contributed by atoms with van der Waals surface area (Å²) in [4.78, 5) is 8.43. The Kier molecular flexibility index (Phi) is 7.66. The number of quaternary nitrogens is 2. The Morgan fingerprint density at radius 1 is 0.656 bits per heavy atom. The van der Waals surface area contributed by atoms with Gasteiger partial charge in [-0.1, -0.05) is 0 Å². The lowest BCUT2D eigenvalue weighted by atomic mass is 10.1. The second kappa shape index (κ2) is 9.84. The molecule has 0 atom stereocenters. The Morgan fingerprint density at radius 2 is 1.00 bits per heavy atom. The predicted molar refractivity (Wildman–Crippen MR) is 133 cm³/mol.